The predicted octanol–water partition coefficient (Wildman–Crippen LogP) is 3.19. The van der Waals surface area contributed by atoms with Crippen LogP contribution in [-0.2, 0) is 6.54 Å². The number of benzene rings is 1. The summed E-state index contributed by atoms with van der Waals surface area (Å²) < 4.78 is 15.8. The van der Waals surface area contributed by atoms with Crippen LogP contribution in [0.5, 0.6) is 0 Å². The van der Waals surface area contributed by atoms with Gasteiger partial charge in [-0.15, -0.1) is 0 Å². The Hall–Kier alpha value is -2.65. The van der Waals surface area contributed by atoms with Crippen molar-refractivity contribution in [3.05, 3.63) is 77.5 Å². The summed E-state index contributed by atoms with van der Waals surface area (Å²) in [6.45, 7) is 7.06. The lowest BCUT2D eigenvalue weighted by Crippen LogP contribution is -2.40. The monoisotopic (exact) mass is 490 g/mol. The second kappa shape index (κ2) is 8.84. The molecule has 2 unspecified atom stereocenters. The summed E-state index contributed by atoms with van der Waals surface area (Å²) >= 11 is 3.38. The highest BCUT2D eigenvalue weighted by Gasteiger charge is 2.28. The molecule has 0 spiro atoms. The molecule has 2 aromatic rings. The van der Waals surface area contributed by atoms with Crippen LogP contribution in [0, 0.1) is 12.8 Å². The minimum atomic E-state index is -0.796. The van der Waals surface area contributed by atoms with Gasteiger partial charge in [0.2, 0.25) is 11.7 Å². The standard InChI is InChI=1S/C22H24BrFN4O3/c1-10(2)17-18(19(29)13-5-11(3)6-15(23)7-13)28(22(31)27-21(17)30)9-14-8-16(24)26-20(25)12(14)4/h5-8,10,12,20H,9,25H2,1-4H3,(H,27,30,31). The van der Waals surface area contributed by atoms with Crippen molar-refractivity contribution in [3.8, 4) is 0 Å². The summed E-state index contributed by atoms with van der Waals surface area (Å²) in [5, 5.41) is 0. The molecular formula is C22H24BrFN4O3. The smallest absolute Gasteiger partial charge is 0.309 e. The second-order valence-corrected chi connectivity index (χ2v) is 8.97. The highest BCUT2D eigenvalue weighted by atomic mass is 79.9. The first-order chi connectivity index (χ1) is 14.5. The summed E-state index contributed by atoms with van der Waals surface area (Å²) in [5.74, 6) is -1.88. The Balaban J connectivity index is 2.26. The molecule has 0 saturated heterocycles. The quantitative estimate of drug-likeness (QED) is 0.626. The van der Waals surface area contributed by atoms with Crippen LogP contribution in [0.15, 0.2) is 48.9 Å². The van der Waals surface area contributed by atoms with Crippen LogP contribution in [-0.4, -0.2) is 27.5 Å². The first-order valence-corrected chi connectivity index (χ1v) is 10.7. The second-order valence-electron chi connectivity index (χ2n) is 8.06. The number of carbonyl (C=O) groups is 1. The molecule has 1 aliphatic heterocycles. The van der Waals surface area contributed by atoms with Crippen molar-refractivity contribution in [2.75, 3.05) is 0 Å². The molecule has 7 nitrogen and oxygen atoms in total. The Morgan fingerprint density at radius 2 is 2.00 bits per heavy atom. The first kappa shape index (κ1) is 23.0. The molecule has 0 aliphatic carbocycles. The van der Waals surface area contributed by atoms with Gasteiger partial charge in [-0.1, -0.05) is 36.7 Å². The number of nitrogens with two attached hydrogens (primary N) is 1. The zero-order chi connectivity index (χ0) is 23.0. The number of nitrogens with zero attached hydrogens (tertiary/aromatic N) is 2. The first-order valence-electron chi connectivity index (χ1n) is 9.87. The average Bonchev–Trinajstić information content (AvgIpc) is 2.65. The van der Waals surface area contributed by atoms with Gasteiger partial charge in [-0.05, 0) is 48.3 Å². The van der Waals surface area contributed by atoms with Crippen LogP contribution in [0.1, 0.15) is 53.9 Å². The molecule has 0 fully saturated rings. The van der Waals surface area contributed by atoms with Gasteiger partial charge in [-0.3, -0.25) is 19.1 Å². The molecule has 164 valence electrons. The number of H-pyrrole nitrogens is 1. The Kier molecular flexibility index (Phi) is 6.56. The number of hydrogen-bond donors (Lipinski definition) is 2. The molecule has 0 amide bonds. The highest BCUT2D eigenvalue weighted by molar-refractivity contribution is 9.10. The molecular weight excluding hydrogens is 467 g/mol. The Bertz CT molecular complexity index is 1210. The summed E-state index contributed by atoms with van der Waals surface area (Å²) in [6.07, 6.45) is 0.424. The van der Waals surface area contributed by atoms with Gasteiger partial charge >= 0.3 is 5.69 Å². The Labute approximate surface area is 187 Å². The van der Waals surface area contributed by atoms with Gasteiger partial charge in [-0.25, -0.2) is 9.79 Å². The number of hydrogen-bond acceptors (Lipinski definition) is 5. The number of aryl methyl sites for hydroxylation is 1. The number of aromatic nitrogens is 2. The number of nitrogens with one attached hydrogen (secondary N) is 1. The van der Waals surface area contributed by atoms with Crippen molar-refractivity contribution in [1.29, 1.82) is 0 Å². The molecule has 0 saturated carbocycles. The third-order valence-electron chi connectivity index (χ3n) is 5.35. The molecule has 2 atom stereocenters. The van der Waals surface area contributed by atoms with Gasteiger partial charge in [0.05, 0.1) is 0 Å². The Morgan fingerprint density at radius 1 is 1.32 bits per heavy atom. The van der Waals surface area contributed by atoms with Crippen LogP contribution in [0.3, 0.4) is 0 Å². The fourth-order valence-electron chi connectivity index (χ4n) is 3.69. The molecule has 0 radical (unpaired) electrons. The third-order valence-corrected chi connectivity index (χ3v) is 5.80. The van der Waals surface area contributed by atoms with Gasteiger partial charge in [0.1, 0.15) is 11.9 Å². The van der Waals surface area contributed by atoms with Crippen molar-refractivity contribution in [1.82, 2.24) is 9.55 Å². The number of aromatic amines is 1. The summed E-state index contributed by atoms with van der Waals surface area (Å²) in [5.41, 5.74) is 6.41. The number of ketones is 1. The van der Waals surface area contributed by atoms with Crippen molar-refractivity contribution in [2.24, 2.45) is 16.6 Å². The molecule has 0 bridgehead atoms. The van der Waals surface area contributed by atoms with Crippen LogP contribution in [0.4, 0.5) is 4.39 Å². The van der Waals surface area contributed by atoms with E-state index in [1.807, 2.05) is 13.0 Å². The highest BCUT2D eigenvalue weighted by Crippen LogP contribution is 2.25. The maximum atomic E-state index is 13.9. The fraction of sp³-hybridized carbons (Fsp3) is 0.364. The summed E-state index contributed by atoms with van der Waals surface area (Å²) in [7, 11) is 0. The van der Waals surface area contributed by atoms with Gasteiger partial charge < -0.3 is 5.73 Å². The van der Waals surface area contributed by atoms with E-state index in [-0.39, 0.29) is 29.6 Å². The SMILES string of the molecule is Cc1cc(Br)cc(C(=O)c2c(C(C)C)c(=O)[nH]c(=O)n2CC2=CC(F)=NC(N)C2C)c1. The van der Waals surface area contributed by atoms with Crippen LogP contribution < -0.4 is 17.0 Å². The number of halogens is 2. The molecule has 2 heterocycles. The van der Waals surface area contributed by atoms with E-state index in [2.05, 4.69) is 25.9 Å². The molecule has 3 rings (SSSR count). The van der Waals surface area contributed by atoms with E-state index >= 15 is 0 Å². The molecule has 9 heteroatoms. The van der Waals surface area contributed by atoms with Crippen LogP contribution in [0.25, 0.3) is 0 Å². The summed E-state index contributed by atoms with van der Waals surface area (Å²) in [4.78, 5) is 45.0. The number of dihydropyridines is 1. The van der Waals surface area contributed by atoms with E-state index < -0.39 is 29.2 Å². The topological polar surface area (TPSA) is 110 Å². The maximum Gasteiger partial charge on any atom is 0.329 e. The molecule has 1 aromatic heterocycles. The van der Waals surface area contributed by atoms with Gasteiger partial charge in [0.15, 0.2) is 0 Å². The van der Waals surface area contributed by atoms with E-state index in [4.69, 9.17) is 5.73 Å². The van der Waals surface area contributed by atoms with Crippen molar-refractivity contribution >= 4 is 27.7 Å². The maximum absolute atomic E-state index is 13.9. The largest absolute Gasteiger partial charge is 0.329 e. The van der Waals surface area contributed by atoms with Gasteiger partial charge in [0, 0.05) is 28.1 Å². The predicted molar refractivity (Wildman–Crippen MR) is 121 cm³/mol. The minimum absolute atomic E-state index is 0.00848. The average molecular weight is 491 g/mol. The third kappa shape index (κ3) is 4.67. The van der Waals surface area contributed by atoms with Crippen molar-refractivity contribution in [3.63, 3.8) is 0 Å². The zero-order valence-corrected chi connectivity index (χ0v) is 19.3. The van der Waals surface area contributed by atoms with E-state index in [0.717, 1.165) is 5.56 Å². The normalized spacial score (nSPS) is 18.7. The van der Waals surface area contributed by atoms with E-state index in [1.54, 1.807) is 32.9 Å². The molecule has 1 aromatic carbocycles. The number of rotatable bonds is 5. The van der Waals surface area contributed by atoms with Gasteiger partial charge in [0.25, 0.3) is 5.56 Å². The van der Waals surface area contributed by atoms with E-state index in [9.17, 15) is 18.8 Å². The van der Waals surface area contributed by atoms with Crippen LogP contribution in [0.2, 0.25) is 0 Å². The minimum Gasteiger partial charge on any atom is -0.309 e. The van der Waals surface area contributed by atoms with Crippen LogP contribution >= 0.6 is 15.9 Å². The van der Waals surface area contributed by atoms with E-state index in [1.165, 1.54) is 10.6 Å². The number of aliphatic imine (C=N–C) groups is 1. The molecule has 3 N–H and O–H groups in total. The van der Waals surface area contributed by atoms with E-state index in [0.29, 0.717) is 15.6 Å². The molecule has 1 aliphatic rings. The van der Waals surface area contributed by atoms with Crippen molar-refractivity contribution < 1.29 is 9.18 Å². The van der Waals surface area contributed by atoms with Crippen molar-refractivity contribution in [2.45, 2.75) is 46.3 Å². The molecule has 31 heavy (non-hydrogen) atoms. The number of carbonyl (C=O) groups excluding carboxylic acids is 1. The Morgan fingerprint density at radius 3 is 2.61 bits per heavy atom. The lowest BCUT2D eigenvalue weighted by Gasteiger charge is -2.25. The lowest BCUT2D eigenvalue weighted by atomic mass is 9.93. The summed E-state index contributed by atoms with van der Waals surface area (Å²) in [6, 6.07) is 5.18. The fourth-order valence-corrected chi connectivity index (χ4v) is 4.30. The lowest BCUT2D eigenvalue weighted by molar-refractivity contribution is 0.102. The van der Waals surface area contributed by atoms with Gasteiger partial charge in [-0.2, -0.15) is 4.39 Å². The zero-order valence-electron chi connectivity index (χ0n) is 17.7. The number of allylic oxidation sites excluding steroid dienone is 1.